The van der Waals surface area contributed by atoms with Crippen LogP contribution in [0.4, 0.5) is 5.82 Å². The second-order valence-electron chi connectivity index (χ2n) is 4.92. The van der Waals surface area contributed by atoms with Crippen LogP contribution in [-0.4, -0.2) is 24.7 Å². The van der Waals surface area contributed by atoms with E-state index in [-0.39, 0.29) is 0 Å². The maximum atomic E-state index is 10.4. The first kappa shape index (κ1) is 12.7. The highest BCUT2D eigenvalue weighted by Crippen LogP contribution is 2.26. The Balaban J connectivity index is 1.95. The molecule has 3 N–H and O–H groups in total. The number of anilines is 1. The van der Waals surface area contributed by atoms with Gasteiger partial charge in [0.1, 0.15) is 5.82 Å². The summed E-state index contributed by atoms with van der Waals surface area (Å²) in [4.78, 5) is 0. The lowest BCUT2D eigenvalue weighted by molar-refractivity contribution is 0.178. The monoisotopic (exact) mass is 271 g/mol. The molecule has 1 unspecified atom stereocenters. The zero-order chi connectivity index (χ0) is 14.3. The second kappa shape index (κ2) is 4.64. The molecule has 0 saturated carbocycles. The Hall–Kier alpha value is -2.34. The van der Waals surface area contributed by atoms with Crippen LogP contribution in [0.15, 0.2) is 30.5 Å². The Morgan fingerprint density at radius 1 is 1.25 bits per heavy atom. The average Bonchev–Trinajstić information content (AvgIpc) is 2.93. The van der Waals surface area contributed by atoms with Gasteiger partial charge in [-0.3, -0.25) is 9.36 Å². The molecule has 20 heavy (non-hydrogen) atoms. The van der Waals surface area contributed by atoms with Crippen molar-refractivity contribution < 1.29 is 5.11 Å². The van der Waals surface area contributed by atoms with E-state index in [9.17, 15) is 5.11 Å². The van der Waals surface area contributed by atoms with Crippen molar-refractivity contribution in [2.24, 2.45) is 14.1 Å². The smallest absolute Gasteiger partial charge is 0.127 e. The number of hydrogen-bond donors (Lipinski definition) is 2. The van der Waals surface area contributed by atoms with E-state index in [0.717, 1.165) is 16.6 Å². The van der Waals surface area contributed by atoms with Gasteiger partial charge in [0.05, 0.1) is 23.5 Å². The third-order valence-electron chi connectivity index (χ3n) is 3.59. The Morgan fingerprint density at radius 2 is 2.00 bits per heavy atom. The molecular weight excluding hydrogens is 254 g/mol. The minimum atomic E-state index is -0.706. The normalized spacial score (nSPS) is 12.9. The zero-order valence-electron chi connectivity index (χ0n) is 11.5. The third-order valence-corrected chi connectivity index (χ3v) is 3.59. The number of nitrogen functional groups attached to an aromatic ring is 1. The highest BCUT2D eigenvalue weighted by molar-refractivity contribution is 5.81. The summed E-state index contributed by atoms with van der Waals surface area (Å²) in [5.74, 6) is 0.484. The standard InChI is InChI=1S/C14H17N5O/c1-18-12-6-4-3-5-9(12)11(17-18)7-13(20)10-8-16-19(2)14(10)15/h3-6,8,13,20H,7,15H2,1-2H3. The first-order chi connectivity index (χ1) is 9.58. The maximum absolute atomic E-state index is 10.4. The Labute approximate surface area is 116 Å². The van der Waals surface area contributed by atoms with Crippen molar-refractivity contribution in [2.45, 2.75) is 12.5 Å². The summed E-state index contributed by atoms with van der Waals surface area (Å²) >= 11 is 0. The molecule has 0 spiro atoms. The molecule has 0 saturated heterocycles. The summed E-state index contributed by atoms with van der Waals surface area (Å²) in [7, 11) is 3.65. The maximum Gasteiger partial charge on any atom is 0.127 e. The van der Waals surface area contributed by atoms with Crippen molar-refractivity contribution in [3.63, 3.8) is 0 Å². The van der Waals surface area contributed by atoms with Gasteiger partial charge >= 0.3 is 0 Å². The molecule has 3 aromatic rings. The highest BCUT2D eigenvalue weighted by Gasteiger charge is 2.18. The molecule has 3 rings (SSSR count). The molecular formula is C14H17N5O. The van der Waals surface area contributed by atoms with Crippen LogP contribution in [0.3, 0.4) is 0 Å². The number of rotatable bonds is 3. The van der Waals surface area contributed by atoms with Gasteiger partial charge in [0.25, 0.3) is 0 Å². The first-order valence-corrected chi connectivity index (χ1v) is 6.44. The summed E-state index contributed by atoms with van der Waals surface area (Å²) in [6.45, 7) is 0. The van der Waals surface area contributed by atoms with E-state index in [1.165, 1.54) is 0 Å². The van der Waals surface area contributed by atoms with Crippen LogP contribution in [0.2, 0.25) is 0 Å². The topological polar surface area (TPSA) is 81.9 Å². The van der Waals surface area contributed by atoms with E-state index in [2.05, 4.69) is 10.2 Å². The van der Waals surface area contributed by atoms with Gasteiger partial charge in [-0.1, -0.05) is 18.2 Å². The number of hydrogen-bond acceptors (Lipinski definition) is 4. The van der Waals surface area contributed by atoms with Crippen molar-refractivity contribution >= 4 is 16.7 Å². The van der Waals surface area contributed by atoms with Gasteiger partial charge < -0.3 is 10.8 Å². The molecule has 0 aliphatic rings. The van der Waals surface area contributed by atoms with Crippen molar-refractivity contribution in [3.05, 3.63) is 41.7 Å². The number of aliphatic hydroxyl groups is 1. The van der Waals surface area contributed by atoms with Crippen LogP contribution in [0.5, 0.6) is 0 Å². The molecule has 0 fully saturated rings. The van der Waals surface area contributed by atoms with Gasteiger partial charge in [-0.05, 0) is 6.07 Å². The molecule has 6 heteroatoms. The van der Waals surface area contributed by atoms with Gasteiger partial charge in [-0.2, -0.15) is 10.2 Å². The number of aromatic nitrogens is 4. The van der Waals surface area contributed by atoms with Crippen LogP contribution < -0.4 is 5.73 Å². The van der Waals surface area contributed by atoms with E-state index in [4.69, 9.17) is 5.73 Å². The van der Waals surface area contributed by atoms with Crippen molar-refractivity contribution in [2.75, 3.05) is 5.73 Å². The van der Waals surface area contributed by atoms with E-state index in [1.807, 2.05) is 36.0 Å². The lowest BCUT2D eigenvalue weighted by Gasteiger charge is -2.08. The molecule has 0 amide bonds. The largest absolute Gasteiger partial charge is 0.388 e. The van der Waals surface area contributed by atoms with Gasteiger partial charge in [0.2, 0.25) is 0 Å². The molecule has 1 aromatic carbocycles. The fourth-order valence-electron chi connectivity index (χ4n) is 2.45. The number of nitrogens with two attached hydrogens (primary N) is 1. The van der Waals surface area contributed by atoms with Crippen LogP contribution in [0.1, 0.15) is 17.4 Å². The number of aliphatic hydroxyl groups excluding tert-OH is 1. The van der Waals surface area contributed by atoms with E-state index < -0.39 is 6.10 Å². The Morgan fingerprint density at radius 3 is 2.70 bits per heavy atom. The van der Waals surface area contributed by atoms with E-state index in [1.54, 1.807) is 17.9 Å². The van der Waals surface area contributed by atoms with Crippen molar-refractivity contribution in [3.8, 4) is 0 Å². The van der Waals surface area contributed by atoms with E-state index >= 15 is 0 Å². The van der Waals surface area contributed by atoms with Crippen LogP contribution in [0, 0.1) is 0 Å². The number of para-hydroxylation sites is 1. The van der Waals surface area contributed by atoms with Crippen LogP contribution in [-0.2, 0) is 20.5 Å². The minimum absolute atomic E-state index is 0.414. The number of nitrogens with zero attached hydrogens (tertiary/aromatic N) is 4. The lowest BCUT2D eigenvalue weighted by atomic mass is 10.1. The highest BCUT2D eigenvalue weighted by atomic mass is 16.3. The minimum Gasteiger partial charge on any atom is -0.388 e. The van der Waals surface area contributed by atoms with Crippen molar-refractivity contribution in [1.82, 2.24) is 19.6 Å². The van der Waals surface area contributed by atoms with Crippen molar-refractivity contribution in [1.29, 1.82) is 0 Å². The Bertz CT molecular complexity index is 758. The summed E-state index contributed by atoms with van der Waals surface area (Å²) < 4.78 is 3.37. The SMILES string of the molecule is Cn1ncc(C(O)Cc2nn(C)c3ccccc23)c1N. The fourth-order valence-corrected chi connectivity index (χ4v) is 2.45. The summed E-state index contributed by atoms with van der Waals surface area (Å²) in [6, 6.07) is 7.97. The number of benzene rings is 1. The average molecular weight is 271 g/mol. The first-order valence-electron chi connectivity index (χ1n) is 6.44. The van der Waals surface area contributed by atoms with E-state index in [0.29, 0.717) is 17.8 Å². The van der Waals surface area contributed by atoms with Crippen LogP contribution in [0.25, 0.3) is 10.9 Å². The third kappa shape index (κ3) is 1.94. The molecule has 0 aliphatic heterocycles. The quantitative estimate of drug-likeness (QED) is 0.749. The van der Waals surface area contributed by atoms with Gasteiger partial charge in [0, 0.05) is 31.5 Å². The van der Waals surface area contributed by atoms with Gasteiger partial charge in [-0.25, -0.2) is 0 Å². The zero-order valence-corrected chi connectivity index (χ0v) is 11.5. The predicted molar refractivity (Wildman–Crippen MR) is 77.0 cm³/mol. The lowest BCUT2D eigenvalue weighted by Crippen LogP contribution is -2.06. The summed E-state index contributed by atoms with van der Waals surface area (Å²) in [6.07, 6.45) is 1.31. The molecule has 2 aromatic heterocycles. The molecule has 104 valence electrons. The Kier molecular flexibility index (Phi) is 2.94. The summed E-state index contributed by atoms with van der Waals surface area (Å²) in [5.41, 5.74) is 8.44. The molecule has 1 atom stereocenters. The predicted octanol–water partition coefficient (Wildman–Crippen LogP) is 1.17. The summed E-state index contributed by atoms with van der Waals surface area (Å²) in [5, 5.41) is 19.9. The fraction of sp³-hybridized carbons (Fsp3) is 0.286. The molecule has 2 heterocycles. The van der Waals surface area contributed by atoms with Gasteiger partial charge in [-0.15, -0.1) is 0 Å². The molecule has 0 aliphatic carbocycles. The van der Waals surface area contributed by atoms with Gasteiger partial charge in [0.15, 0.2) is 0 Å². The second-order valence-corrected chi connectivity index (χ2v) is 4.92. The molecule has 6 nitrogen and oxygen atoms in total. The number of aryl methyl sites for hydroxylation is 2. The molecule has 0 radical (unpaired) electrons. The van der Waals surface area contributed by atoms with Crippen LogP contribution >= 0.6 is 0 Å². The molecule has 0 bridgehead atoms. The number of fused-ring (bicyclic) bond motifs is 1.